The third-order valence-corrected chi connectivity index (χ3v) is 3.00. The summed E-state index contributed by atoms with van der Waals surface area (Å²) in [5.41, 5.74) is 1.61. The van der Waals surface area contributed by atoms with Gasteiger partial charge in [-0.1, -0.05) is 50.5 Å². The molecule has 0 amide bonds. The predicted molar refractivity (Wildman–Crippen MR) is 81.8 cm³/mol. The fraction of sp³-hybridized carbons (Fsp3) is 0.471. The number of methoxy groups -OCH3 is 1. The highest BCUT2D eigenvalue weighted by molar-refractivity contribution is 5.89. The number of carbonyl (C=O) groups excluding carboxylic acids is 1. The summed E-state index contributed by atoms with van der Waals surface area (Å²) >= 11 is 0. The van der Waals surface area contributed by atoms with E-state index in [0.29, 0.717) is 12.2 Å². The summed E-state index contributed by atoms with van der Waals surface area (Å²) in [5.74, 6) is -0.309. The smallest absolute Gasteiger partial charge is 0.337 e. The predicted octanol–water partition coefficient (Wildman–Crippen LogP) is 4.08. The molecule has 3 heteroatoms. The maximum Gasteiger partial charge on any atom is 0.337 e. The van der Waals surface area contributed by atoms with E-state index in [1.165, 1.54) is 26.4 Å². The van der Waals surface area contributed by atoms with E-state index in [2.05, 4.69) is 11.7 Å². The molecular weight excluding hydrogens is 252 g/mol. The molecule has 0 atom stereocenters. The number of rotatable bonds is 9. The lowest BCUT2D eigenvalue weighted by molar-refractivity contribution is 0.0600. The minimum atomic E-state index is -0.309. The van der Waals surface area contributed by atoms with Crippen molar-refractivity contribution in [3.05, 3.63) is 41.5 Å². The molecule has 0 aliphatic carbocycles. The Morgan fingerprint density at radius 3 is 2.55 bits per heavy atom. The van der Waals surface area contributed by atoms with Gasteiger partial charge in [-0.3, -0.25) is 0 Å². The van der Waals surface area contributed by atoms with Gasteiger partial charge in [0, 0.05) is 6.61 Å². The van der Waals surface area contributed by atoms with E-state index in [9.17, 15) is 4.79 Å². The van der Waals surface area contributed by atoms with Gasteiger partial charge in [-0.05, 0) is 24.1 Å². The van der Waals surface area contributed by atoms with Crippen LogP contribution in [0.15, 0.2) is 30.3 Å². The molecule has 3 nitrogen and oxygen atoms in total. The first-order valence-electron chi connectivity index (χ1n) is 7.20. The number of unbranched alkanes of at least 4 members (excludes halogenated alkanes) is 3. The van der Waals surface area contributed by atoms with E-state index in [4.69, 9.17) is 4.74 Å². The Kier molecular flexibility index (Phi) is 8.40. The van der Waals surface area contributed by atoms with Crippen LogP contribution in [0.3, 0.4) is 0 Å². The van der Waals surface area contributed by atoms with Crippen LogP contribution < -0.4 is 0 Å². The van der Waals surface area contributed by atoms with Crippen molar-refractivity contribution in [1.29, 1.82) is 0 Å². The van der Waals surface area contributed by atoms with Gasteiger partial charge in [-0.25, -0.2) is 4.79 Å². The van der Waals surface area contributed by atoms with E-state index in [0.717, 1.165) is 18.6 Å². The molecular formula is C17H24O3. The monoisotopic (exact) mass is 276 g/mol. The van der Waals surface area contributed by atoms with Gasteiger partial charge in [0.05, 0.1) is 19.3 Å². The van der Waals surface area contributed by atoms with E-state index < -0.39 is 0 Å². The largest absolute Gasteiger partial charge is 0.465 e. The van der Waals surface area contributed by atoms with Gasteiger partial charge in [0.25, 0.3) is 0 Å². The fourth-order valence-electron chi connectivity index (χ4n) is 1.81. The average Bonchev–Trinajstić information content (AvgIpc) is 2.50. The molecule has 0 aliphatic heterocycles. The standard InChI is InChI=1S/C17H24O3/c1-3-4-5-6-13-20-14-7-8-15-9-11-16(12-10-15)17(18)19-2/h7-12H,3-6,13-14H2,1-2H3/b8-7+. The summed E-state index contributed by atoms with van der Waals surface area (Å²) in [6, 6.07) is 7.31. The molecule has 0 spiro atoms. The van der Waals surface area contributed by atoms with Crippen molar-refractivity contribution >= 4 is 12.0 Å². The third kappa shape index (κ3) is 6.53. The van der Waals surface area contributed by atoms with Gasteiger partial charge in [0.2, 0.25) is 0 Å². The molecule has 1 aromatic rings. The SMILES string of the molecule is CCCCCCOC/C=C/c1ccc(C(=O)OC)cc1. The summed E-state index contributed by atoms with van der Waals surface area (Å²) in [6.45, 7) is 3.66. The summed E-state index contributed by atoms with van der Waals surface area (Å²) in [5, 5.41) is 0. The number of esters is 1. The lowest BCUT2D eigenvalue weighted by Gasteiger charge is -2.01. The van der Waals surface area contributed by atoms with Crippen LogP contribution in [-0.4, -0.2) is 26.3 Å². The van der Waals surface area contributed by atoms with Gasteiger partial charge in [-0.2, -0.15) is 0 Å². The molecule has 0 saturated heterocycles. The number of carbonyl (C=O) groups is 1. The third-order valence-electron chi connectivity index (χ3n) is 3.00. The summed E-state index contributed by atoms with van der Waals surface area (Å²) in [4.78, 5) is 11.3. The molecule has 0 radical (unpaired) electrons. The fourth-order valence-corrected chi connectivity index (χ4v) is 1.81. The molecule has 0 aromatic heterocycles. The topological polar surface area (TPSA) is 35.5 Å². The van der Waals surface area contributed by atoms with E-state index in [1.54, 1.807) is 12.1 Å². The first kappa shape index (κ1) is 16.4. The number of hydrogen-bond donors (Lipinski definition) is 0. The average molecular weight is 276 g/mol. The lowest BCUT2D eigenvalue weighted by atomic mass is 10.1. The molecule has 0 saturated carbocycles. The summed E-state index contributed by atoms with van der Waals surface area (Å²) in [7, 11) is 1.38. The highest BCUT2D eigenvalue weighted by atomic mass is 16.5. The summed E-state index contributed by atoms with van der Waals surface area (Å²) < 4.78 is 10.2. The number of benzene rings is 1. The quantitative estimate of drug-likeness (QED) is 0.503. The van der Waals surface area contributed by atoms with Crippen molar-refractivity contribution < 1.29 is 14.3 Å². The van der Waals surface area contributed by atoms with Crippen LogP contribution in [-0.2, 0) is 9.47 Å². The first-order chi connectivity index (χ1) is 9.77. The zero-order valence-electron chi connectivity index (χ0n) is 12.4. The van der Waals surface area contributed by atoms with Crippen molar-refractivity contribution in [1.82, 2.24) is 0 Å². The van der Waals surface area contributed by atoms with Crippen LogP contribution >= 0.6 is 0 Å². The Morgan fingerprint density at radius 2 is 1.90 bits per heavy atom. The second kappa shape index (κ2) is 10.2. The van der Waals surface area contributed by atoms with Gasteiger partial charge in [0.1, 0.15) is 0 Å². The lowest BCUT2D eigenvalue weighted by Crippen LogP contribution is -2.00. The molecule has 20 heavy (non-hydrogen) atoms. The van der Waals surface area contributed by atoms with Crippen LogP contribution in [0.5, 0.6) is 0 Å². The van der Waals surface area contributed by atoms with Gasteiger partial charge < -0.3 is 9.47 Å². The highest BCUT2D eigenvalue weighted by Gasteiger charge is 2.02. The molecule has 0 aliphatic rings. The van der Waals surface area contributed by atoms with Crippen molar-refractivity contribution in [2.75, 3.05) is 20.3 Å². The van der Waals surface area contributed by atoms with Gasteiger partial charge >= 0.3 is 5.97 Å². The maximum atomic E-state index is 11.3. The van der Waals surface area contributed by atoms with Crippen LogP contribution in [0.2, 0.25) is 0 Å². The van der Waals surface area contributed by atoms with Crippen LogP contribution in [0.25, 0.3) is 6.08 Å². The zero-order chi connectivity index (χ0) is 14.6. The maximum absolute atomic E-state index is 11.3. The second-order valence-corrected chi connectivity index (χ2v) is 4.65. The van der Waals surface area contributed by atoms with Gasteiger partial charge in [-0.15, -0.1) is 0 Å². The van der Waals surface area contributed by atoms with Crippen molar-refractivity contribution in [2.24, 2.45) is 0 Å². The summed E-state index contributed by atoms with van der Waals surface area (Å²) in [6.07, 6.45) is 8.90. The Hall–Kier alpha value is -1.61. The Morgan fingerprint density at radius 1 is 1.15 bits per heavy atom. The molecule has 0 fully saturated rings. The van der Waals surface area contributed by atoms with Gasteiger partial charge in [0.15, 0.2) is 0 Å². The molecule has 0 N–H and O–H groups in total. The Bertz CT molecular complexity index is 407. The first-order valence-corrected chi connectivity index (χ1v) is 7.20. The van der Waals surface area contributed by atoms with E-state index in [1.807, 2.05) is 24.3 Å². The van der Waals surface area contributed by atoms with Crippen LogP contribution in [0, 0.1) is 0 Å². The minimum Gasteiger partial charge on any atom is -0.465 e. The molecule has 110 valence electrons. The number of ether oxygens (including phenoxy) is 2. The molecule has 1 aromatic carbocycles. The van der Waals surface area contributed by atoms with Crippen molar-refractivity contribution in [2.45, 2.75) is 32.6 Å². The molecule has 1 rings (SSSR count). The Balaban J connectivity index is 2.23. The highest BCUT2D eigenvalue weighted by Crippen LogP contribution is 2.07. The van der Waals surface area contributed by atoms with E-state index >= 15 is 0 Å². The molecule has 0 unspecified atom stereocenters. The van der Waals surface area contributed by atoms with Crippen LogP contribution in [0.4, 0.5) is 0 Å². The van der Waals surface area contributed by atoms with E-state index in [-0.39, 0.29) is 5.97 Å². The van der Waals surface area contributed by atoms with Crippen molar-refractivity contribution in [3.63, 3.8) is 0 Å². The second-order valence-electron chi connectivity index (χ2n) is 4.65. The zero-order valence-corrected chi connectivity index (χ0v) is 12.4. The normalized spacial score (nSPS) is 10.9. The number of hydrogen-bond acceptors (Lipinski definition) is 3. The van der Waals surface area contributed by atoms with Crippen molar-refractivity contribution in [3.8, 4) is 0 Å². The molecule has 0 bridgehead atoms. The minimum absolute atomic E-state index is 0.309. The van der Waals surface area contributed by atoms with Crippen LogP contribution in [0.1, 0.15) is 48.5 Å². The Labute approximate surface area is 121 Å². The molecule has 0 heterocycles.